The Kier molecular flexibility index (Phi) is 4.11. The van der Waals surface area contributed by atoms with Crippen LogP contribution in [-0.2, 0) is 19.4 Å². The van der Waals surface area contributed by atoms with Crippen molar-refractivity contribution in [1.29, 1.82) is 0 Å². The van der Waals surface area contributed by atoms with Gasteiger partial charge in [-0.3, -0.25) is 0 Å². The molecule has 1 aromatic carbocycles. The molecule has 0 saturated carbocycles. The molecule has 0 atom stereocenters. The minimum atomic E-state index is 0.495. The molecule has 3 nitrogen and oxygen atoms in total. The van der Waals surface area contributed by atoms with E-state index in [0.717, 1.165) is 19.4 Å². The number of aromatic nitrogens is 2. The lowest BCUT2D eigenvalue weighted by Crippen LogP contribution is -2.23. The van der Waals surface area contributed by atoms with E-state index in [0.29, 0.717) is 6.04 Å². The largest absolute Gasteiger partial charge is 0.310 e. The van der Waals surface area contributed by atoms with Crippen LogP contribution in [0.15, 0.2) is 24.5 Å². The summed E-state index contributed by atoms with van der Waals surface area (Å²) in [7, 11) is 0. The van der Waals surface area contributed by atoms with Crippen LogP contribution in [0.1, 0.15) is 49.2 Å². The molecule has 112 valence electrons. The molecular weight excluding hydrogens is 258 g/mol. The van der Waals surface area contributed by atoms with Crippen LogP contribution < -0.4 is 5.32 Å². The molecule has 1 aliphatic carbocycles. The highest BCUT2D eigenvalue weighted by atomic mass is 15.1. The standard InChI is InChI=1S/C18H25N3/c1-13(2)19-11-15-10-14(3)8-9-17(15)21-12-20-16-6-4-5-7-18(16)21/h8-10,12-13,19H,4-7,11H2,1-3H3. The van der Waals surface area contributed by atoms with Gasteiger partial charge in [0.25, 0.3) is 0 Å². The predicted octanol–water partition coefficient (Wildman–Crippen LogP) is 3.56. The quantitative estimate of drug-likeness (QED) is 0.930. The van der Waals surface area contributed by atoms with E-state index < -0.39 is 0 Å². The number of rotatable bonds is 4. The maximum Gasteiger partial charge on any atom is 0.0997 e. The van der Waals surface area contributed by atoms with Crippen LogP contribution in [0.5, 0.6) is 0 Å². The molecule has 0 fully saturated rings. The summed E-state index contributed by atoms with van der Waals surface area (Å²) in [4.78, 5) is 4.63. The molecule has 0 saturated heterocycles. The summed E-state index contributed by atoms with van der Waals surface area (Å²) >= 11 is 0. The van der Waals surface area contributed by atoms with Crippen molar-refractivity contribution >= 4 is 0 Å². The second-order valence-corrected chi connectivity index (χ2v) is 6.38. The van der Waals surface area contributed by atoms with Crippen LogP contribution in [0.25, 0.3) is 5.69 Å². The Balaban J connectivity index is 1.99. The van der Waals surface area contributed by atoms with Crippen molar-refractivity contribution in [1.82, 2.24) is 14.9 Å². The number of hydrogen-bond acceptors (Lipinski definition) is 2. The average Bonchev–Trinajstić information content (AvgIpc) is 2.89. The highest BCUT2D eigenvalue weighted by Crippen LogP contribution is 2.25. The van der Waals surface area contributed by atoms with E-state index in [4.69, 9.17) is 0 Å². The van der Waals surface area contributed by atoms with Crippen LogP contribution in [0.4, 0.5) is 0 Å². The first-order chi connectivity index (χ1) is 10.1. The maximum absolute atomic E-state index is 4.63. The first-order valence-corrected chi connectivity index (χ1v) is 8.03. The van der Waals surface area contributed by atoms with Gasteiger partial charge in [0.05, 0.1) is 17.7 Å². The highest BCUT2D eigenvalue weighted by Gasteiger charge is 2.17. The van der Waals surface area contributed by atoms with Crippen molar-refractivity contribution in [3.05, 3.63) is 47.0 Å². The smallest absolute Gasteiger partial charge is 0.0997 e. The Morgan fingerprint density at radius 2 is 2.05 bits per heavy atom. The second kappa shape index (κ2) is 6.02. The molecule has 1 N–H and O–H groups in total. The molecule has 0 radical (unpaired) electrons. The minimum absolute atomic E-state index is 0.495. The van der Waals surface area contributed by atoms with E-state index in [9.17, 15) is 0 Å². The van der Waals surface area contributed by atoms with E-state index >= 15 is 0 Å². The maximum atomic E-state index is 4.63. The molecule has 3 rings (SSSR count). The van der Waals surface area contributed by atoms with Gasteiger partial charge in [0.1, 0.15) is 0 Å². The van der Waals surface area contributed by atoms with E-state index in [1.165, 1.54) is 41.0 Å². The van der Waals surface area contributed by atoms with Crippen molar-refractivity contribution < 1.29 is 0 Å². The van der Waals surface area contributed by atoms with E-state index in [-0.39, 0.29) is 0 Å². The van der Waals surface area contributed by atoms with Crippen LogP contribution in [-0.4, -0.2) is 15.6 Å². The monoisotopic (exact) mass is 283 g/mol. The van der Waals surface area contributed by atoms with Gasteiger partial charge in [-0.25, -0.2) is 4.98 Å². The number of hydrogen-bond donors (Lipinski definition) is 1. The molecule has 21 heavy (non-hydrogen) atoms. The summed E-state index contributed by atoms with van der Waals surface area (Å²) in [6.07, 6.45) is 6.86. The number of fused-ring (bicyclic) bond motifs is 1. The molecule has 0 spiro atoms. The number of nitrogens with zero attached hydrogens (tertiary/aromatic N) is 2. The second-order valence-electron chi connectivity index (χ2n) is 6.38. The fraction of sp³-hybridized carbons (Fsp3) is 0.500. The van der Waals surface area contributed by atoms with Crippen molar-refractivity contribution in [3.8, 4) is 5.69 Å². The molecule has 2 aromatic rings. The Morgan fingerprint density at radius 1 is 1.24 bits per heavy atom. The van der Waals surface area contributed by atoms with Gasteiger partial charge in [-0.15, -0.1) is 0 Å². The summed E-state index contributed by atoms with van der Waals surface area (Å²) in [6.45, 7) is 7.44. The van der Waals surface area contributed by atoms with Crippen molar-refractivity contribution in [3.63, 3.8) is 0 Å². The SMILES string of the molecule is Cc1ccc(-n2cnc3c2CCCC3)c(CNC(C)C)c1. The number of aryl methyl sites for hydroxylation is 2. The molecular formula is C18H25N3. The van der Waals surface area contributed by atoms with E-state index in [1.807, 2.05) is 6.33 Å². The summed E-state index contributed by atoms with van der Waals surface area (Å²) in [5, 5.41) is 3.54. The summed E-state index contributed by atoms with van der Waals surface area (Å²) in [6, 6.07) is 7.22. The molecule has 3 heteroatoms. The van der Waals surface area contributed by atoms with Crippen molar-refractivity contribution in [2.75, 3.05) is 0 Å². The fourth-order valence-electron chi connectivity index (χ4n) is 3.08. The van der Waals surface area contributed by atoms with Crippen molar-refractivity contribution in [2.24, 2.45) is 0 Å². The average molecular weight is 283 g/mol. The molecule has 1 heterocycles. The Bertz CT molecular complexity index is 625. The Hall–Kier alpha value is -1.61. The highest BCUT2D eigenvalue weighted by molar-refractivity contribution is 5.45. The zero-order valence-electron chi connectivity index (χ0n) is 13.3. The summed E-state index contributed by atoms with van der Waals surface area (Å²) in [5.74, 6) is 0. The summed E-state index contributed by atoms with van der Waals surface area (Å²) < 4.78 is 2.31. The zero-order valence-corrected chi connectivity index (χ0v) is 13.3. The number of imidazole rings is 1. The lowest BCUT2D eigenvalue weighted by atomic mass is 10.0. The normalized spacial score (nSPS) is 14.5. The Labute approximate surface area is 127 Å². The van der Waals surface area contributed by atoms with Gasteiger partial charge in [0.15, 0.2) is 0 Å². The molecule has 1 aliphatic rings. The van der Waals surface area contributed by atoms with Gasteiger partial charge in [0.2, 0.25) is 0 Å². The lowest BCUT2D eigenvalue weighted by molar-refractivity contribution is 0.586. The molecule has 0 amide bonds. The first-order valence-electron chi connectivity index (χ1n) is 8.03. The minimum Gasteiger partial charge on any atom is -0.310 e. The number of benzene rings is 1. The Morgan fingerprint density at radius 3 is 2.86 bits per heavy atom. The van der Waals surface area contributed by atoms with Gasteiger partial charge in [-0.05, 0) is 44.2 Å². The van der Waals surface area contributed by atoms with E-state index in [2.05, 4.69) is 53.8 Å². The molecule has 0 aliphatic heterocycles. The van der Waals surface area contributed by atoms with E-state index in [1.54, 1.807) is 0 Å². The molecule has 0 unspecified atom stereocenters. The lowest BCUT2D eigenvalue weighted by Gasteiger charge is -2.18. The third-order valence-corrected chi connectivity index (χ3v) is 4.23. The van der Waals surface area contributed by atoms with Gasteiger partial charge < -0.3 is 9.88 Å². The van der Waals surface area contributed by atoms with Crippen LogP contribution in [0, 0.1) is 6.92 Å². The third-order valence-electron chi connectivity index (χ3n) is 4.23. The summed E-state index contributed by atoms with van der Waals surface area (Å²) in [5.41, 5.74) is 6.66. The molecule has 1 aromatic heterocycles. The van der Waals surface area contributed by atoms with Gasteiger partial charge >= 0.3 is 0 Å². The van der Waals surface area contributed by atoms with Crippen molar-refractivity contribution in [2.45, 2.75) is 59.0 Å². The first kappa shape index (κ1) is 14.3. The zero-order chi connectivity index (χ0) is 14.8. The van der Waals surface area contributed by atoms with Gasteiger partial charge in [-0.2, -0.15) is 0 Å². The van der Waals surface area contributed by atoms with Gasteiger partial charge in [0, 0.05) is 18.3 Å². The van der Waals surface area contributed by atoms with Crippen LogP contribution in [0.3, 0.4) is 0 Å². The topological polar surface area (TPSA) is 29.9 Å². The number of nitrogens with one attached hydrogen (secondary N) is 1. The predicted molar refractivity (Wildman–Crippen MR) is 86.9 cm³/mol. The van der Waals surface area contributed by atoms with Gasteiger partial charge in [-0.1, -0.05) is 31.5 Å². The van der Waals surface area contributed by atoms with Crippen LogP contribution in [0.2, 0.25) is 0 Å². The molecule has 0 bridgehead atoms. The van der Waals surface area contributed by atoms with Crippen LogP contribution >= 0.6 is 0 Å². The fourth-order valence-corrected chi connectivity index (χ4v) is 3.08. The third kappa shape index (κ3) is 3.03.